The lowest BCUT2D eigenvalue weighted by molar-refractivity contribution is 0.464. The largest absolute Gasteiger partial charge is 0.507 e. The van der Waals surface area contributed by atoms with Gasteiger partial charge in [-0.25, -0.2) is 0 Å². The van der Waals surface area contributed by atoms with Crippen LogP contribution in [0.3, 0.4) is 0 Å². The van der Waals surface area contributed by atoms with Gasteiger partial charge in [-0.15, -0.1) is 0 Å². The first-order valence-electron chi connectivity index (χ1n) is 5.07. The fourth-order valence-corrected chi connectivity index (χ4v) is 1.83. The van der Waals surface area contributed by atoms with Crippen molar-refractivity contribution in [3.63, 3.8) is 0 Å². The molecule has 0 fully saturated rings. The van der Waals surface area contributed by atoms with Gasteiger partial charge in [0.25, 0.3) is 0 Å². The van der Waals surface area contributed by atoms with Crippen LogP contribution in [0.5, 0.6) is 11.5 Å². The Morgan fingerprint density at radius 3 is 2.47 bits per heavy atom. The van der Waals surface area contributed by atoms with E-state index in [4.69, 9.17) is 0 Å². The van der Waals surface area contributed by atoms with E-state index in [1.54, 1.807) is 6.07 Å². The molecular weight excluding hydrogens is 188 g/mol. The van der Waals surface area contributed by atoms with Crippen LogP contribution in [0, 0.1) is 6.92 Å². The van der Waals surface area contributed by atoms with Crippen molar-refractivity contribution in [3.05, 3.63) is 35.4 Å². The quantitative estimate of drug-likeness (QED) is 0.697. The lowest BCUT2D eigenvalue weighted by atomic mass is 10.0. The van der Waals surface area contributed by atoms with Crippen LogP contribution in [0.25, 0.3) is 10.8 Å². The Bertz CT molecular complexity index is 515. The number of phenolic OH excluding ortho intramolecular Hbond substituents is 2. The zero-order valence-electron chi connectivity index (χ0n) is 8.91. The summed E-state index contributed by atoms with van der Waals surface area (Å²) in [6, 6.07) is 7.29. The third-order valence-electron chi connectivity index (χ3n) is 2.70. The van der Waals surface area contributed by atoms with Gasteiger partial charge in [0.2, 0.25) is 0 Å². The van der Waals surface area contributed by atoms with Gasteiger partial charge in [0, 0.05) is 10.8 Å². The van der Waals surface area contributed by atoms with E-state index in [2.05, 4.69) is 0 Å². The van der Waals surface area contributed by atoms with Crippen LogP contribution >= 0.6 is 0 Å². The molecule has 0 saturated carbocycles. The first kappa shape index (κ1) is 9.84. The molecule has 0 spiro atoms. The normalized spacial score (nSPS) is 10.8. The number of aryl methyl sites for hydroxylation is 2. The first-order chi connectivity index (χ1) is 7.13. The number of hydrogen-bond donors (Lipinski definition) is 2. The molecule has 0 radical (unpaired) electrons. The Hall–Kier alpha value is -1.70. The van der Waals surface area contributed by atoms with E-state index in [0.717, 1.165) is 16.5 Å². The molecule has 0 aromatic heterocycles. The van der Waals surface area contributed by atoms with Crippen molar-refractivity contribution in [2.75, 3.05) is 0 Å². The Balaban J connectivity index is 2.87. The summed E-state index contributed by atoms with van der Waals surface area (Å²) in [7, 11) is 0. The minimum absolute atomic E-state index is 0.239. The highest BCUT2D eigenvalue weighted by atomic mass is 16.3. The van der Waals surface area contributed by atoms with Gasteiger partial charge in [0.05, 0.1) is 0 Å². The number of rotatable bonds is 1. The number of benzene rings is 2. The number of aromatic hydroxyl groups is 2. The summed E-state index contributed by atoms with van der Waals surface area (Å²) in [6.07, 6.45) is 0.712. The number of hydrogen-bond acceptors (Lipinski definition) is 2. The standard InChI is InChI=1S/C13H14O2/c1-3-9-7-12(14)11-6-8(2)4-5-10(11)13(9)15/h4-7,14-15H,3H2,1-2H3. The number of phenols is 2. The van der Waals surface area contributed by atoms with Gasteiger partial charge in [-0.05, 0) is 31.0 Å². The van der Waals surface area contributed by atoms with Crippen molar-refractivity contribution in [2.24, 2.45) is 0 Å². The molecule has 0 atom stereocenters. The molecule has 2 heteroatoms. The Labute approximate surface area is 88.8 Å². The molecule has 0 amide bonds. The zero-order valence-corrected chi connectivity index (χ0v) is 8.91. The summed E-state index contributed by atoms with van der Waals surface area (Å²) in [5.41, 5.74) is 1.85. The van der Waals surface area contributed by atoms with Gasteiger partial charge in [-0.2, -0.15) is 0 Å². The van der Waals surface area contributed by atoms with Crippen molar-refractivity contribution in [1.82, 2.24) is 0 Å². The molecule has 0 heterocycles. The molecule has 0 aliphatic carbocycles. The van der Waals surface area contributed by atoms with E-state index >= 15 is 0 Å². The van der Waals surface area contributed by atoms with Crippen LogP contribution in [-0.4, -0.2) is 10.2 Å². The van der Waals surface area contributed by atoms with E-state index in [9.17, 15) is 10.2 Å². The van der Waals surface area contributed by atoms with E-state index < -0.39 is 0 Å². The molecule has 2 nitrogen and oxygen atoms in total. The summed E-state index contributed by atoms with van der Waals surface area (Å²) in [6.45, 7) is 3.91. The van der Waals surface area contributed by atoms with E-state index in [1.165, 1.54) is 0 Å². The van der Waals surface area contributed by atoms with E-state index in [1.807, 2.05) is 32.0 Å². The Morgan fingerprint density at radius 1 is 1.07 bits per heavy atom. The highest BCUT2D eigenvalue weighted by Crippen LogP contribution is 2.35. The van der Waals surface area contributed by atoms with Crippen molar-refractivity contribution >= 4 is 10.8 Å². The van der Waals surface area contributed by atoms with Crippen LogP contribution < -0.4 is 0 Å². The van der Waals surface area contributed by atoms with Gasteiger partial charge in [0.1, 0.15) is 11.5 Å². The molecule has 2 aromatic carbocycles. The minimum atomic E-state index is 0.239. The van der Waals surface area contributed by atoms with Gasteiger partial charge >= 0.3 is 0 Å². The third kappa shape index (κ3) is 1.52. The maximum absolute atomic E-state index is 9.95. The first-order valence-corrected chi connectivity index (χ1v) is 5.07. The summed E-state index contributed by atoms with van der Waals surface area (Å²) < 4.78 is 0. The Morgan fingerprint density at radius 2 is 1.80 bits per heavy atom. The zero-order chi connectivity index (χ0) is 11.0. The summed E-state index contributed by atoms with van der Waals surface area (Å²) >= 11 is 0. The molecule has 15 heavy (non-hydrogen) atoms. The highest BCUT2D eigenvalue weighted by Gasteiger charge is 2.09. The summed E-state index contributed by atoms with van der Waals surface area (Å²) in [5.74, 6) is 0.522. The topological polar surface area (TPSA) is 40.5 Å². The van der Waals surface area contributed by atoms with Crippen molar-refractivity contribution in [2.45, 2.75) is 20.3 Å². The highest BCUT2D eigenvalue weighted by molar-refractivity contribution is 5.94. The molecule has 2 N–H and O–H groups in total. The van der Waals surface area contributed by atoms with Gasteiger partial charge in [-0.1, -0.05) is 24.6 Å². The predicted molar refractivity (Wildman–Crippen MR) is 61.4 cm³/mol. The van der Waals surface area contributed by atoms with Gasteiger partial charge in [-0.3, -0.25) is 0 Å². The number of fused-ring (bicyclic) bond motifs is 1. The maximum atomic E-state index is 9.95. The molecule has 0 aliphatic rings. The second-order valence-electron chi connectivity index (χ2n) is 3.81. The molecule has 0 unspecified atom stereocenters. The molecular formula is C13H14O2. The molecule has 2 aromatic rings. The van der Waals surface area contributed by atoms with E-state index in [-0.39, 0.29) is 11.5 Å². The fraction of sp³-hybridized carbons (Fsp3) is 0.231. The van der Waals surface area contributed by atoms with Gasteiger partial charge < -0.3 is 10.2 Å². The summed E-state index contributed by atoms with van der Waals surface area (Å²) in [4.78, 5) is 0. The molecule has 78 valence electrons. The fourth-order valence-electron chi connectivity index (χ4n) is 1.83. The molecule has 0 saturated heterocycles. The lowest BCUT2D eigenvalue weighted by Gasteiger charge is -2.09. The molecule has 0 bridgehead atoms. The maximum Gasteiger partial charge on any atom is 0.126 e. The monoisotopic (exact) mass is 202 g/mol. The van der Waals surface area contributed by atoms with Crippen LogP contribution in [0.1, 0.15) is 18.1 Å². The van der Waals surface area contributed by atoms with Crippen molar-refractivity contribution in [1.29, 1.82) is 0 Å². The van der Waals surface area contributed by atoms with Crippen LogP contribution in [0.2, 0.25) is 0 Å². The minimum Gasteiger partial charge on any atom is -0.507 e. The SMILES string of the molecule is CCc1cc(O)c2cc(C)ccc2c1O. The average molecular weight is 202 g/mol. The third-order valence-corrected chi connectivity index (χ3v) is 2.70. The van der Waals surface area contributed by atoms with Crippen LogP contribution in [0.15, 0.2) is 24.3 Å². The smallest absolute Gasteiger partial charge is 0.126 e. The van der Waals surface area contributed by atoms with Crippen LogP contribution in [-0.2, 0) is 6.42 Å². The van der Waals surface area contributed by atoms with Crippen LogP contribution in [0.4, 0.5) is 0 Å². The van der Waals surface area contributed by atoms with Crippen molar-refractivity contribution in [3.8, 4) is 11.5 Å². The predicted octanol–water partition coefficient (Wildman–Crippen LogP) is 3.12. The molecule has 2 rings (SSSR count). The van der Waals surface area contributed by atoms with Gasteiger partial charge in [0.15, 0.2) is 0 Å². The van der Waals surface area contributed by atoms with E-state index in [0.29, 0.717) is 11.8 Å². The second kappa shape index (κ2) is 3.46. The molecule has 0 aliphatic heterocycles. The Kier molecular flexibility index (Phi) is 2.27. The van der Waals surface area contributed by atoms with Crippen molar-refractivity contribution < 1.29 is 10.2 Å². The average Bonchev–Trinajstić information content (AvgIpc) is 2.23. The second-order valence-corrected chi connectivity index (χ2v) is 3.81. The summed E-state index contributed by atoms with van der Waals surface area (Å²) in [5, 5.41) is 21.2. The lowest BCUT2D eigenvalue weighted by Crippen LogP contribution is -1.85.